The first-order valence-electron chi connectivity index (χ1n) is 5.47. The maximum Gasteiger partial charge on any atom is 0.245 e. The van der Waals surface area contributed by atoms with Crippen LogP contribution in [0.5, 0.6) is 0 Å². The van der Waals surface area contributed by atoms with Crippen molar-refractivity contribution in [1.29, 1.82) is 0 Å². The molecule has 0 bridgehead atoms. The van der Waals surface area contributed by atoms with Gasteiger partial charge in [0.05, 0.1) is 12.0 Å². The van der Waals surface area contributed by atoms with Crippen molar-refractivity contribution in [3.63, 3.8) is 0 Å². The molecule has 0 aromatic rings. The van der Waals surface area contributed by atoms with Gasteiger partial charge in [0.2, 0.25) is 6.43 Å². The number of aliphatic imine (C=N–C) groups is 1. The second-order valence-corrected chi connectivity index (χ2v) is 4.64. The van der Waals surface area contributed by atoms with E-state index in [1.165, 1.54) is 6.42 Å². The molecule has 0 radical (unpaired) electrons. The SMILES string of the molecule is NC(=NCC1(C(F)F)CC1)NC1CCC1. The second kappa shape index (κ2) is 3.94. The lowest BCUT2D eigenvalue weighted by atomic mass is 9.93. The van der Waals surface area contributed by atoms with Gasteiger partial charge in [0.25, 0.3) is 0 Å². The van der Waals surface area contributed by atoms with Gasteiger partial charge in [0.15, 0.2) is 5.96 Å². The molecule has 0 aromatic carbocycles. The number of hydrogen-bond donors (Lipinski definition) is 2. The third-order valence-corrected chi connectivity index (χ3v) is 3.38. The average molecular weight is 217 g/mol. The summed E-state index contributed by atoms with van der Waals surface area (Å²) in [6.45, 7) is 0.163. The highest BCUT2D eigenvalue weighted by molar-refractivity contribution is 5.78. The van der Waals surface area contributed by atoms with Crippen LogP contribution in [0.1, 0.15) is 32.1 Å². The van der Waals surface area contributed by atoms with Crippen molar-refractivity contribution < 1.29 is 8.78 Å². The van der Waals surface area contributed by atoms with Crippen LogP contribution in [-0.2, 0) is 0 Å². The Balaban J connectivity index is 1.77. The molecular weight excluding hydrogens is 200 g/mol. The Labute approximate surface area is 88.1 Å². The molecule has 2 rings (SSSR count). The van der Waals surface area contributed by atoms with Crippen LogP contribution in [-0.4, -0.2) is 25.0 Å². The molecule has 2 aliphatic carbocycles. The summed E-state index contributed by atoms with van der Waals surface area (Å²) in [7, 11) is 0. The van der Waals surface area contributed by atoms with Crippen molar-refractivity contribution in [3.8, 4) is 0 Å². The quantitative estimate of drug-likeness (QED) is 0.553. The lowest BCUT2D eigenvalue weighted by Crippen LogP contribution is -2.44. The highest BCUT2D eigenvalue weighted by Crippen LogP contribution is 2.50. The standard InChI is InChI=1S/C10H17F2N3/c11-8(12)10(4-5-10)6-14-9(13)15-7-2-1-3-7/h7-8H,1-6H2,(H3,13,14,15). The molecule has 3 N–H and O–H groups in total. The van der Waals surface area contributed by atoms with Gasteiger partial charge < -0.3 is 11.1 Å². The Morgan fingerprint density at radius 2 is 2.13 bits per heavy atom. The highest BCUT2D eigenvalue weighted by Gasteiger charge is 2.50. The minimum Gasteiger partial charge on any atom is -0.370 e. The molecule has 0 unspecified atom stereocenters. The summed E-state index contributed by atoms with van der Waals surface area (Å²) in [4.78, 5) is 4.00. The van der Waals surface area contributed by atoms with E-state index in [4.69, 9.17) is 5.73 Å². The van der Waals surface area contributed by atoms with Crippen molar-refractivity contribution in [3.05, 3.63) is 0 Å². The number of nitrogens with two attached hydrogens (primary N) is 1. The first-order valence-corrected chi connectivity index (χ1v) is 5.47. The summed E-state index contributed by atoms with van der Waals surface area (Å²) in [6, 6.07) is 0.412. The average Bonchev–Trinajstić information content (AvgIpc) is 2.89. The Bertz CT molecular complexity index is 257. The van der Waals surface area contributed by atoms with Crippen molar-refractivity contribution in [2.24, 2.45) is 16.1 Å². The van der Waals surface area contributed by atoms with E-state index in [0.29, 0.717) is 24.8 Å². The van der Waals surface area contributed by atoms with Gasteiger partial charge in [-0.1, -0.05) is 0 Å². The topological polar surface area (TPSA) is 50.4 Å². The van der Waals surface area contributed by atoms with Gasteiger partial charge in [-0.25, -0.2) is 8.78 Å². The molecular formula is C10H17F2N3. The highest BCUT2D eigenvalue weighted by atomic mass is 19.3. The van der Waals surface area contributed by atoms with Gasteiger partial charge in [0.1, 0.15) is 0 Å². The van der Waals surface area contributed by atoms with E-state index < -0.39 is 11.8 Å². The molecule has 0 atom stereocenters. The van der Waals surface area contributed by atoms with E-state index in [2.05, 4.69) is 10.3 Å². The number of nitrogens with zero attached hydrogens (tertiary/aromatic N) is 1. The number of hydrogen-bond acceptors (Lipinski definition) is 1. The maximum absolute atomic E-state index is 12.5. The molecule has 5 heteroatoms. The maximum atomic E-state index is 12.5. The molecule has 15 heavy (non-hydrogen) atoms. The zero-order valence-electron chi connectivity index (χ0n) is 8.68. The molecule has 0 aliphatic heterocycles. The van der Waals surface area contributed by atoms with Gasteiger partial charge in [-0.05, 0) is 32.1 Å². The Kier molecular flexibility index (Phi) is 2.80. The van der Waals surface area contributed by atoms with Crippen molar-refractivity contribution in [1.82, 2.24) is 5.32 Å². The van der Waals surface area contributed by atoms with Gasteiger partial charge in [-0.2, -0.15) is 0 Å². The van der Waals surface area contributed by atoms with Crippen LogP contribution in [0, 0.1) is 5.41 Å². The van der Waals surface area contributed by atoms with E-state index in [0.717, 1.165) is 12.8 Å². The summed E-state index contributed by atoms with van der Waals surface area (Å²) in [5.74, 6) is 0.326. The molecule has 2 fully saturated rings. The molecule has 86 valence electrons. The Hall–Kier alpha value is -0.870. The minimum absolute atomic E-state index is 0.163. The fourth-order valence-electron chi connectivity index (χ4n) is 1.66. The smallest absolute Gasteiger partial charge is 0.245 e. The van der Waals surface area contributed by atoms with E-state index in [9.17, 15) is 8.78 Å². The van der Waals surface area contributed by atoms with Crippen LogP contribution >= 0.6 is 0 Å². The van der Waals surface area contributed by atoms with E-state index in [1.54, 1.807) is 0 Å². The van der Waals surface area contributed by atoms with Crippen LogP contribution in [0.25, 0.3) is 0 Å². The zero-order valence-corrected chi connectivity index (χ0v) is 8.68. The fourth-order valence-corrected chi connectivity index (χ4v) is 1.66. The normalized spacial score (nSPS) is 25.1. The van der Waals surface area contributed by atoms with Crippen LogP contribution in [0.3, 0.4) is 0 Å². The molecule has 2 saturated carbocycles. The summed E-state index contributed by atoms with van der Waals surface area (Å²) >= 11 is 0. The van der Waals surface area contributed by atoms with Crippen molar-refractivity contribution >= 4 is 5.96 Å². The number of rotatable bonds is 4. The zero-order chi connectivity index (χ0) is 10.9. The minimum atomic E-state index is -2.27. The number of halogens is 2. The van der Waals surface area contributed by atoms with E-state index in [-0.39, 0.29) is 6.54 Å². The molecule has 0 aromatic heterocycles. The molecule has 0 heterocycles. The lowest BCUT2D eigenvalue weighted by molar-refractivity contribution is 0.0667. The van der Waals surface area contributed by atoms with Gasteiger partial charge in [0, 0.05) is 6.04 Å². The third kappa shape index (κ3) is 2.38. The first kappa shape index (κ1) is 10.6. The predicted octanol–water partition coefficient (Wildman–Crippen LogP) is 1.49. The molecule has 2 aliphatic rings. The summed E-state index contributed by atoms with van der Waals surface area (Å²) in [6.07, 6.45) is 2.31. The van der Waals surface area contributed by atoms with E-state index >= 15 is 0 Å². The summed E-state index contributed by atoms with van der Waals surface area (Å²) in [5, 5.41) is 3.04. The lowest BCUT2D eigenvalue weighted by Gasteiger charge is -2.26. The number of nitrogens with one attached hydrogen (secondary N) is 1. The first-order chi connectivity index (χ1) is 7.12. The van der Waals surface area contributed by atoms with Crippen LogP contribution in [0.4, 0.5) is 8.78 Å². The van der Waals surface area contributed by atoms with Crippen LogP contribution in [0.2, 0.25) is 0 Å². The van der Waals surface area contributed by atoms with Crippen molar-refractivity contribution in [2.75, 3.05) is 6.54 Å². The van der Waals surface area contributed by atoms with Gasteiger partial charge in [-0.3, -0.25) is 4.99 Å². The van der Waals surface area contributed by atoms with Crippen LogP contribution in [0.15, 0.2) is 4.99 Å². The van der Waals surface area contributed by atoms with Crippen molar-refractivity contribution in [2.45, 2.75) is 44.6 Å². The monoisotopic (exact) mass is 217 g/mol. The van der Waals surface area contributed by atoms with E-state index in [1.807, 2.05) is 0 Å². The van der Waals surface area contributed by atoms with Gasteiger partial charge in [-0.15, -0.1) is 0 Å². The molecule has 3 nitrogen and oxygen atoms in total. The van der Waals surface area contributed by atoms with Crippen LogP contribution < -0.4 is 11.1 Å². The molecule has 0 spiro atoms. The number of guanidine groups is 1. The fraction of sp³-hybridized carbons (Fsp3) is 0.900. The third-order valence-electron chi connectivity index (χ3n) is 3.38. The largest absolute Gasteiger partial charge is 0.370 e. The van der Waals surface area contributed by atoms with Gasteiger partial charge >= 0.3 is 0 Å². The predicted molar refractivity (Wildman–Crippen MR) is 54.9 cm³/mol. The second-order valence-electron chi connectivity index (χ2n) is 4.64. The Morgan fingerprint density at radius 1 is 1.47 bits per heavy atom. The summed E-state index contributed by atoms with van der Waals surface area (Å²) in [5.41, 5.74) is 4.76. The summed E-state index contributed by atoms with van der Waals surface area (Å²) < 4.78 is 25.1. The molecule has 0 saturated heterocycles. The Morgan fingerprint density at radius 3 is 2.53 bits per heavy atom. The molecule has 0 amide bonds. The number of alkyl halides is 2.